The number of nitrogens with one attached hydrogen (secondary N) is 1. The Hall–Kier alpha value is -0.385. The van der Waals surface area contributed by atoms with Crippen molar-refractivity contribution in [2.24, 2.45) is 0 Å². The van der Waals surface area contributed by atoms with Crippen LogP contribution in [-0.2, 0) is 0 Å². The SMILES string of the molecule is C=C/C=C\C(=C/C=C)NC(=O)B(I)N(CCC)CCP. The number of allylic oxidation sites excluding steroid dienone is 5. The maximum absolute atomic E-state index is 12.3. The van der Waals surface area contributed by atoms with Gasteiger partial charge in [-0.3, -0.25) is 4.79 Å². The van der Waals surface area contributed by atoms with E-state index in [4.69, 9.17) is 0 Å². The molecule has 0 aromatic carbocycles. The van der Waals surface area contributed by atoms with Gasteiger partial charge in [0.2, 0.25) is 5.81 Å². The molecule has 0 saturated heterocycles. The number of hydrogen-bond acceptors (Lipinski definition) is 2. The van der Waals surface area contributed by atoms with Crippen molar-refractivity contribution in [3.05, 3.63) is 49.2 Å². The zero-order valence-corrected chi connectivity index (χ0v) is 15.3. The predicted molar refractivity (Wildman–Crippen MR) is 102 cm³/mol. The molecule has 0 heterocycles. The molecule has 0 rings (SSSR count). The van der Waals surface area contributed by atoms with Crippen molar-refractivity contribution in [1.82, 2.24) is 10.1 Å². The van der Waals surface area contributed by atoms with E-state index in [-0.39, 0.29) is 10.5 Å². The van der Waals surface area contributed by atoms with Gasteiger partial charge >= 0.3 is 4.70 Å². The minimum absolute atomic E-state index is 0.0145. The molecule has 0 radical (unpaired) electrons. The van der Waals surface area contributed by atoms with Gasteiger partial charge in [0.25, 0.3) is 0 Å². The van der Waals surface area contributed by atoms with E-state index in [1.54, 1.807) is 30.4 Å². The molecule has 0 aromatic rings. The highest BCUT2D eigenvalue weighted by molar-refractivity contribution is 14.1. The minimum atomic E-state index is -0.182. The second-order valence-electron chi connectivity index (χ2n) is 4.10. The summed E-state index contributed by atoms with van der Waals surface area (Å²) in [6, 6.07) is 0. The summed E-state index contributed by atoms with van der Waals surface area (Å²) in [5.41, 5.74) is 0.717. The molecular formula is C14H23BIN2OP. The highest BCUT2D eigenvalue weighted by Crippen LogP contribution is 2.08. The lowest BCUT2D eigenvalue weighted by Gasteiger charge is -2.23. The van der Waals surface area contributed by atoms with Crippen LogP contribution in [0.15, 0.2) is 49.2 Å². The summed E-state index contributed by atoms with van der Waals surface area (Å²) in [4.78, 5) is 14.5. The monoisotopic (exact) mass is 404 g/mol. The number of halogens is 1. The first-order chi connectivity index (χ1) is 9.60. The molecule has 1 N–H and O–H groups in total. The molecule has 0 aliphatic heterocycles. The fourth-order valence-corrected chi connectivity index (χ4v) is 2.64. The first-order valence-corrected chi connectivity index (χ1v) is 8.67. The fraction of sp³-hybridized carbons (Fsp3) is 0.357. The average Bonchev–Trinajstić information content (AvgIpc) is 2.43. The van der Waals surface area contributed by atoms with Gasteiger partial charge in [-0.1, -0.05) is 38.3 Å². The van der Waals surface area contributed by atoms with E-state index in [2.05, 4.69) is 61.8 Å². The summed E-state index contributed by atoms with van der Waals surface area (Å²) in [5, 5.41) is 2.91. The first-order valence-electron chi connectivity index (χ1n) is 6.61. The van der Waals surface area contributed by atoms with Crippen molar-refractivity contribution in [1.29, 1.82) is 0 Å². The second kappa shape index (κ2) is 12.4. The van der Waals surface area contributed by atoms with E-state index in [0.717, 1.165) is 25.7 Å². The number of hydrogen-bond donors (Lipinski definition) is 1. The molecule has 0 aliphatic rings. The highest BCUT2D eigenvalue weighted by atomic mass is 127. The molecule has 0 saturated carbocycles. The van der Waals surface area contributed by atoms with E-state index >= 15 is 0 Å². The fourth-order valence-electron chi connectivity index (χ4n) is 1.60. The highest BCUT2D eigenvalue weighted by Gasteiger charge is 2.27. The molecule has 110 valence electrons. The Morgan fingerprint density at radius 3 is 2.60 bits per heavy atom. The Morgan fingerprint density at radius 2 is 2.10 bits per heavy atom. The number of amides is 1. The van der Waals surface area contributed by atoms with E-state index in [0.29, 0.717) is 5.70 Å². The Kier molecular flexibility index (Phi) is 12.1. The van der Waals surface area contributed by atoms with Crippen LogP contribution in [0.2, 0.25) is 0 Å². The van der Waals surface area contributed by atoms with E-state index in [1.165, 1.54) is 0 Å². The molecule has 1 amide bonds. The van der Waals surface area contributed by atoms with Gasteiger partial charge in [-0.25, -0.2) is 0 Å². The lowest BCUT2D eigenvalue weighted by Crippen LogP contribution is -2.47. The quantitative estimate of drug-likeness (QED) is 0.261. The molecule has 0 spiro atoms. The number of rotatable bonds is 10. The van der Waals surface area contributed by atoms with Gasteiger partial charge in [-0.05, 0) is 37.8 Å². The number of nitrogens with zero attached hydrogens (tertiary/aromatic N) is 1. The molecule has 20 heavy (non-hydrogen) atoms. The van der Waals surface area contributed by atoms with Crippen molar-refractivity contribution < 1.29 is 4.79 Å². The molecule has 1 unspecified atom stereocenters. The molecule has 0 aliphatic carbocycles. The number of carbonyl (C=O) groups is 1. The van der Waals surface area contributed by atoms with Crippen LogP contribution in [0, 0.1) is 0 Å². The number of carbonyl (C=O) groups excluding carboxylic acids is 1. The topological polar surface area (TPSA) is 32.3 Å². The van der Waals surface area contributed by atoms with Crippen LogP contribution in [-0.4, -0.2) is 34.6 Å². The summed E-state index contributed by atoms with van der Waals surface area (Å²) in [5.74, 6) is -0.0145. The Bertz CT molecular complexity index is 379. The van der Waals surface area contributed by atoms with Gasteiger partial charge in [0.15, 0.2) is 0 Å². The lowest BCUT2D eigenvalue weighted by molar-refractivity contribution is 0.259. The Balaban J connectivity index is 4.76. The van der Waals surface area contributed by atoms with Crippen LogP contribution in [0.25, 0.3) is 0 Å². The van der Waals surface area contributed by atoms with Gasteiger partial charge in [0.05, 0.1) is 0 Å². The molecule has 0 bridgehead atoms. The van der Waals surface area contributed by atoms with Crippen molar-refractivity contribution in [3.8, 4) is 0 Å². The van der Waals surface area contributed by atoms with Crippen LogP contribution in [0.5, 0.6) is 0 Å². The molecule has 0 aromatic heterocycles. The average molecular weight is 404 g/mol. The third kappa shape index (κ3) is 8.03. The van der Waals surface area contributed by atoms with Crippen LogP contribution < -0.4 is 5.32 Å². The summed E-state index contributed by atoms with van der Waals surface area (Å²) in [6.07, 6.45) is 10.7. The molecule has 6 heteroatoms. The zero-order chi connectivity index (χ0) is 15.4. The zero-order valence-electron chi connectivity index (χ0n) is 12.0. The van der Waals surface area contributed by atoms with Gasteiger partial charge in [-0.15, -0.1) is 31.6 Å². The summed E-state index contributed by atoms with van der Waals surface area (Å²) in [6.45, 7) is 11.2. The van der Waals surface area contributed by atoms with E-state index < -0.39 is 0 Å². The molecule has 1 atom stereocenters. The maximum atomic E-state index is 12.3. The van der Waals surface area contributed by atoms with Gasteiger partial charge in [0.1, 0.15) is 0 Å². The van der Waals surface area contributed by atoms with Crippen molar-refractivity contribution in [3.63, 3.8) is 0 Å². The van der Waals surface area contributed by atoms with Crippen molar-refractivity contribution >= 4 is 42.1 Å². The van der Waals surface area contributed by atoms with Crippen LogP contribution in [0.1, 0.15) is 13.3 Å². The van der Waals surface area contributed by atoms with Crippen molar-refractivity contribution in [2.75, 3.05) is 19.3 Å². The van der Waals surface area contributed by atoms with Crippen molar-refractivity contribution in [2.45, 2.75) is 13.3 Å². The summed E-state index contributed by atoms with van der Waals surface area (Å²) >= 11 is 2.18. The standard InChI is InChI=1S/C14H23BIN2OP/c1-4-7-9-13(8-5-2)17-14(19)15(16)18(10-6-3)11-12-20/h4-5,7-9H,1-2,6,10-12,20H2,3H3,(H,17,19)/b9-7-,13-8+. The second-order valence-corrected chi connectivity index (χ2v) is 5.86. The largest absolute Gasteiger partial charge is 0.402 e. The maximum Gasteiger partial charge on any atom is 0.402 e. The molecule has 3 nitrogen and oxygen atoms in total. The first kappa shape index (κ1) is 19.6. The van der Waals surface area contributed by atoms with Gasteiger partial charge in [0, 0.05) is 5.70 Å². The van der Waals surface area contributed by atoms with E-state index in [9.17, 15) is 4.79 Å². The normalized spacial score (nSPS) is 11.7. The van der Waals surface area contributed by atoms with Crippen LogP contribution >= 0.6 is 31.6 Å². The molecule has 0 fully saturated rings. The summed E-state index contributed by atoms with van der Waals surface area (Å²) in [7, 11) is 2.70. The predicted octanol–water partition coefficient (Wildman–Crippen LogP) is 3.60. The minimum Gasteiger partial charge on any atom is -0.332 e. The Labute approximate surface area is 138 Å². The smallest absolute Gasteiger partial charge is 0.332 e. The third-order valence-corrected chi connectivity index (χ3v) is 4.05. The Morgan fingerprint density at radius 1 is 1.40 bits per heavy atom. The van der Waals surface area contributed by atoms with E-state index in [1.807, 2.05) is 0 Å². The van der Waals surface area contributed by atoms with Gasteiger partial charge in [-0.2, -0.15) is 0 Å². The molecular weight excluding hydrogens is 381 g/mol. The van der Waals surface area contributed by atoms with Crippen LogP contribution in [0.4, 0.5) is 4.79 Å². The lowest BCUT2D eigenvalue weighted by atomic mass is 9.88. The summed E-state index contributed by atoms with van der Waals surface area (Å²) < 4.78 is -0.182. The third-order valence-electron chi connectivity index (χ3n) is 2.44. The van der Waals surface area contributed by atoms with Gasteiger partial charge < -0.3 is 10.1 Å². The van der Waals surface area contributed by atoms with Crippen LogP contribution in [0.3, 0.4) is 0 Å².